The van der Waals surface area contributed by atoms with E-state index in [1.165, 1.54) is 0 Å². The molecule has 128 valence electrons. The molecule has 4 aromatic rings. The van der Waals surface area contributed by atoms with E-state index < -0.39 is 0 Å². The second-order valence-electron chi connectivity index (χ2n) is 5.78. The van der Waals surface area contributed by atoms with Crippen LogP contribution in [0, 0.1) is 6.92 Å². The summed E-state index contributed by atoms with van der Waals surface area (Å²) >= 11 is 0. The summed E-state index contributed by atoms with van der Waals surface area (Å²) in [6.45, 7) is 1.97. The second kappa shape index (κ2) is 6.64. The highest BCUT2D eigenvalue weighted by Crippen LogP contribution is 2.29. The Balaban J connectivity index is 1.53. The lowest BCUT2D eigenvalue weighted by atomic mass is 10.0. The van der Waals surface area contributed by atoms with Crippen LogP contribution in [0.1, 0.15) is 5.69 Å². The van der Waals surface area contributed by atoms with Gasteiger partial charge in [0.2, 0.25) is 0 Å². The Hall–Kier alpha value is -3.74. The summed E-state index contributed by atoms with van der Waals surface area (Å²) in [5.74, 6) is 0.497. The first-order valence-electron chi connectivity index (χ1n) is 8.10. The van der Waals surface area contributed by atoms with E-state index >= 15 is 0 Å². The first kappa shape index (κ1) is 15.8. The summed E-state index contributed by atoms with van der Waals surface area (Å²) in [5, 5.41) is 13.6. The fourth-order valence-corrected chi connectivity index (χ4v) is 2.79. The van der Waals surface area contributed by atoms with Crippen LogP contribution >= 0.6 is 0 Å². The van der Waals surface area contributed by atoms with Gasteiger partial charge in [-0.05, 0) is 48.4 Å². The summed E-state index contributed by atoms with van der Waals surface area (Å²) in [7, 11) is 0. The molecule has 1 aromatic carbocycles. The summed E-state index contributed by atoms with van der Waals surface area (Å²) < 4.78 is 0. The van der Waals surface area contributed by atoms with Gasteiger partial charge in [0.15, 0.2) is 5.65 Å². The van der Waals surface area contributed by atoms with Crippen molar-refractivity contribution in [2.24, 2.45) is 0 Å². The zero-order valence-electron chi connectivity index (χ0n) is 14.0. The molecule has 26 heavy (non-hydrogen) atoms. The molecular formula is C19H16N6O. The zero-order valence-corrected chi connectivity index (χ0v) is 14.0. The number of fused-ring (bicyclic) bond motifs is 1. The second-order valence-corrected chi connectivity index (χ2v) is 5.78. The van der Waals surface area contributed by atoms with Crippen LogP contribution in [0.15, 0.2) is 60.9 Å². The summed E-state index contributed by atoms with van der Waals surface area (Å²) in [5.41, 5.74) is 4.43. The maximum Gasteiger partial charge on any atom is 0.324 e. The van der Waals surface area contributed by atoms with E-state index in [9.17, 15) is 4.79 Å². The summed E-state index contributed by atoms with van der Waals surface area (Å²) in [4.78, 5) is 20.4. The van der Waals surface area contributed by atoms with Crippen LogP contribution in [0.3, 0.4) is 0 Å². The maximum atomic E-state index is 12.0. The highest BCUT2D eigenvalue weighted by Gasteiger charge is 2.10. The number of aromatic amines is 1. The monoisotopic (exact) mass is 344 g/mol. The number of nitrogens with one attached hydrogen (secondary N) is 3. The van der Waals surface area contributed by atoms with E-state index in [4.69, 9.17) is 0 Å². The largest absolute Gasteiger partial charge is 0.324 e. The van der Waals surface area contributed by atoms with Crippen molar-refractivity contribution in [3.63, 3.8) is 0 Å². The van der Waals surface area contributed by atoms with E-state index in [0.29, 0.717) is 17.2 Å². The number of carbonyl (C=O) groups is 1. The molecule has 0 fully saturated rings. The van der Waals surface area contributed by atoms with Crippen molar-refractivity contribution in [1.29, 1.82) is 0 Å². The van der Waals surface area contributed by atoms with E-state index in [-0.39, 0.29) is 6.03 Å². The molecule has 0 saturated heterocycles. The van der Waals surface area contributed by atoms with Crippen molar-refractivity contribution >= 4 is 28.6 Å². The Bertz CT molecular complexity index is 1060. The van der Waals surface area contributed by atoms with E-state index in [0.717, 1.165) is 22.2 Å². The molecule has 4 rings (SSSR count). The average Bonchev–Trinajstić information content (AvgIpc) is 3.04. The van der Waals surface area contributed by atoms with E-state index in [2.05, 4.69) is 30.8 Å². The molecular weight excluding hydrogens is 328 g/mol. The molecule has 0 spiro atoms. The van der Waals surface area contributed by atoms with Gasteiger partial charge in [-0.2, -0.15) is 5.10 Å². The number of pyridine rings is 2. The van der Waals surface area contributed by atoms with Gasteiger partial charge >= 0.3 is 6.03 Å². The predicted octanol–water partition coefficient (Wildman–Crippen LogP) is 3.97. The third-order valence-corrected chi connectivity index (χ3v) is 4.00. The van der Waals surface area contributed by atoms with Crippen molar-refractivity contribution in [1.82, 2.24) is 20.2 Å². The first-order chi connectivity index (χ1) is 12.7. The van der Waals surface area contributed by atoms with Gasteiger partial charge in [-0.1, -0.05) is 18.2 Å². The molecule has 0 saturated carbocycles. The molecule has 0 aliphatic rings. The molecule has 0 bridgehead atoms. The number of urea groups is 1. The Labute approximate surface area is 149 Å². The lowest BCUT2D eigenvalue weighted by Crippen LogP contribution is -2.19. The fraction of sp³-hybridized carbons (Fsp3) is 0.0526. The van der Waals surface area contributed by atoms with Crippen LogP contribution in [0.5, 0.6) is 0 Å². The van der Waals surface area contributed by atoms with Gasteiger partial charge in [0.1, 0.15) is 5.82 Å². The van der Waals surface area contributed by atoms with Crippen LogP contribution in [0.2, 0.25) is 0 Å². The number of hydrogen-bond donors (Lipinski definition) is 3. The molecule has 0 radical (unpaired) electrons. The maximum absolute atomic E-state index is 12.0. The number of anilines is 2. The van der Waals surface area contributed by atoms with E-state index in [1.54, 1.807) is 24.5 Å². The number of aryl methyl sites for hydroxylation is 1. The predicted molar refractivity (Wildman–Crippen MR) is 101 cm³/mol. The smallest absolute Gasteiger partial charge is 0.308 e. The minimum atomic E-state index is -0.339. The number of nitrogens with zero attached hydrogens (tertiary/aromatic N) is 3. The van der Waals surface area contributed by atoms with Crippen LogP contribution in [0.4, 0.5) is 16.3 Å². The van der Waals surface area contributed by atoms with Gasteiger partial charge in [-0.3, -0.25) is 10.4 Å². The number of rotatable bonds is 3. The Morgan fingerprint density at radius 3 is 2.58 bits per heavy atom. The molecule has 0 aliphatic heterocycles. The minimum Gasteiger partial charge on any atom is -0.308 e. The van der Waals surface area contributed by atoms with Gasteiger partial charge in [0.25, 0.3) is 0 Å². The van der Waals surface area contributed by atoms with Crippen molar-refractivity contribution in [2.75, 3.05) is 10.6 Å². The van der Waals surface area contributed by atoms with Crippen LogP contribution in [0.25, 0.3) is 22.2 Å². The molecule has 0 unspecified atom stereocenters. The van der Waals surface area contributed by atoms with Gasteiger partial charge in [-0.25, -0.2) is 14.8 Å². The number of hydrogen-bond acceptors (Lipinski definition) is 4. The molecule has 7 heteroatoms. The standard InChI is InChI=1S/C19H16N6O/c1-12-17-15(9-11-21-18(17)25-24-12)13-5-7-14(8-6-13)22-19(26)23-16-4-2-3-10-20-16/h2-11H,1H3,(H,21,24,25)(H2,20,22,23,26). The van der Waals surface area contributed by atoms with Gasteiger partial charge < -0.3 is 5.32 Å². The number of H-pyrrole nitrogens is 1. The molecule has 7 nitrogen and oxygen atoms in total. The van der Waals surface area contributed by atoms with Crippen LogP contribution in [-0.4, -0.2) is 26.2 Å². The number of benzene rings is 1. The van der Waals surface area contributed by atoms with Crippen molar-refractivity contribution < 1.29 is 4.79 Å². The van der Waals surface area contributed by atoms with Crippen LogP contribution < -0.4 is 10.6 Å². The molecule has 2 amide bonds. The molecule has 0 aliphatic carbocycles. The fourth-order valence-electron chi connectivity index (χ4n) is 2.79. The van der Waals surface area contributed by atoms with Crippen LogP contribution in [-0.2, 0) is 0 Å². The molecule has 3 heterocycles. The van der Waals surface area contributed by atoms with Gasteiger partial charge in [0.05, 0.1) is 0 Å². The lowest BCUT2D eigenvalue weighted by Gasteiger charge is -2.08. The highest BCUT2D eigenvalue weighted by atomic mass is 16.2. The highest BCUT2D eigenvalue weighted by molar-refractivity contribution is 5.99. The minimum absolute atomic E-state index is 0.339. The van der Waals surface area contributed by atoms with Crippen molar-refractivity contribution in [2.45, 2.75) is 6.92 Å². The van der Waals surface area contributed by atoms with Crippen molar-refractivity contribution in [3.8, 4) is 11.1 Å². The first-order valence-corrected chi connectivity index (χ1v) is 8.10. The Morgan fingerprint density at radius 2 is 1.81 bits per heavy atom. The quantitative estimate of drug-likeness (QED) is 0.524. The van der Waals surface area contributed by atoms with Gasteiger partial charge in [0, 0.05) is 29.2 Å². The topological polar surface area (TPSA) is 95.6 Å². The summed E-state index contributed by atoms with van der Waals surface area (Å²) in [6.07, 6.45) is 3.36. The third-order valence-electron chi connectivity index (χ3n) is 4.00. The number of amides is 2. The SMILES string of the molecule is Cc1[nH]nc2nccc(-c3ccc(NC(=O)Nc4ccccn4)cc3)c12. The van der Waals surface area contributed by atoms with E-state index in [1.807, 2.05) is 43.3 Å². The summed E-state index contributed by atoms with van der Waals surface area (Å²) in [6, 6.07) is 14.6. The molecule has 3 aromatic heterocycles. The number of aromatic nitrogens is 4. The Kier molecular flexibility index (Phi) is 4.03. The third kappa shape index (κ3) is 3.10. The Morgan fingerprint density at radius 1 is 0.962 bits per heavy atom. The lowest BCUT2D eigenvalue weighted by molar-refractivity contribution is 0.262. The number of carbonyl (C=O) groups excluding carboxylic acids is 1. The normalized spacial score (nSPS) is 10.7. The molecule has 3 N–H and O–H groups in total. The molecule has 0 atom stereocenters. The van der Waals surface area contributed by atoms with Gasteiger partial charge in [-0.15, -0.1) is 0 Å². The zero-order chi connectivity index (χ0) is 17.9. The average molecular weight is 344 g/mol. The van der Waals surface area contributed by atoms with Crippen molar-refractivity contribution in [3.05, 3.63) is 66.6 Å².